The van der Waals surface area contributed by atoms with Crippen molar-refractivity contribution in [3.63, 3.8) is 0 Å². The van der Waals surface area contributed by atoms with Gasteiger partial charge in [0.25, 0.3) is 0 Å². The number of para-hydroxylation sites is 2. The first-order valence-corrected chi connectivity index (χ1v) is 5.90. The molecule has 0 saturated carbocycles. The lowest BCUT2D eigenvalue weighted by Crippen LogP contribution is -1.90. The number of nitrogens with zero attached hydrogens (tertiary/aromatic N) is 1. The summed E-state index contributed by atoms with van der Waals surface area (Å²) in [4.78, 5) is 4.46. The van der Waals surface area contributed by atoms with E-state index in [1.165, 1.54) is 0 Å². The highest BCUT2D eigenvalue weighted by Gasteiger charge is 2.13. The van der Waals surface area contributed by atoms with E-state index in [9.17, 15) is 0 Å². The SMILES string of the molecule is COc1ccc(-c2nc3ccccc3o2)c(OC)c1. The predicted molar refractivity (Wildman–Crippen MR) is 72.5 cm³/mol. The number of hydrogen-bond acceptors (Lipinski definition) is 4. The van der Waals surface area contributed by atoms with E-state index in [0.717, 1.165) is 22.4 Å². The Morgan fingerprint density at radius 1 is 1.00 bits per heavy atom. The predicted octanol–water partition coefficient (Wildman–Crippen LogP) is 3.51. The zero-order chi connectivity index (χ0) is 13.2. The smallest absolute Gasteiger partial charge is 0.231 e. The molecule has 0 aliphatic heterocycles. The molecule has 0 saturated heterocycles. The van der Waals surface area contributed by atoms with Crippen LogP contribution in [0.1, 0.15) is 0 Å². The van der Waals surface area contributed by atoms with Crippen LogP contribution in [-0.2, 0) is 0 Å². The van der Waals surface area contributed by atoms with Crippen molar-refractivity contribution in [3.05, 3.63) is 42.5 Å². The Labute approximate surface area is 110 Å². The second kappa shape index (κ2) is 4.65. The molecule has 96 valence electrons. The molecule has 3 rings (SSSR count). The second-order valence-corrected chi connectivity index (χ2v) is 4.05. The highest BCUT2D eigenvalue weighted by Crippen LogP contribution is 2.34. The van der Waals surface area contributed by atoms with Crippen molar-refractivity contribution in [2.45, 2.75) is 0 Å². The maximum atomic E-state index is 5.74. The zero-order valence-corrected chi connectivity index (χ0v) is 10.7. The fourth-order valence-electron chi connectivity index (χ4n) is 1.96. The summed E-state index contributed by atoms with van der Waals surface area (Å²) in [5.74, 6) is 1.95. The summed E-state index contributed by atoms with van der Waals surface area (Å²) in [6, 6.07) is 13.2. The van der Waals surface area contributed by atoms with Crippen molar-refractivity contribution in [1.82, 2.24) is 4.98 Å². The molecule has 0 unspecified atom stereocenters. The fraction of sp³-hybridized carbons (Fsp3) is 0.133. The summed E-state index contributed by atoms with van der Waals surface area (Å²) in [6.07, 6.45) is 0. The Morgan fingerprint density at radius 3 is 2.58 bits per heavy atom. The topological polar surface area (TPSA) is 44.5 Å². The van der Waals surface area contributed by atoms with Crippen molar-refractivity contribution in [1.29, 1.82) is 0 Å². The molecule has 3 aromatic rings. The van der Waals surface area contributed by atoms with E-state index in [1.54, 1.807) is 14.2 Å². The number of aromatic nitrogens is 1. The minimum atomic E-state index is 0.542. The van der Waals surface area contributed by atoms with Crippen molar-refractivity contribution in [2.24, 2.45) is 0 Å². The molecule has 19 heavy (non-hydrogen) atoms. The van der Waals surface area contributed by atoms with Gasteiger partial charge in [0.2, 0.25) is 5.89 Å². The van der Waals surface area contributed by atoms with E-state index in [2.05, 4.69) is 4.98 Å². The van der Waals surface area contributed by atoms with Crippen LogP contribution in [0.25, 0.3) is 22.6 Å². The largest absolute Gasteiger partial charge is 0.497 e. The summed E-state index contributed by atoms with van der Waals surface area (Å²) in [6.45, 7) is 0. The highest BCUT2D eigenvalue weighted by molar-refractivity contribution is 5.77. The van der Waals surface area contributed by atoms with Crippen LogP contribution in [0, 0.1) is 0 Å². The summed E-state index contributed by atoms with van der Waals surface area (Å²) in [5, 5.41) is 0. The minimum absolute atomic E-state index is 0.542. The first kappa shape index (κ1) is 11.6. The molecule has 0 bridgehead atoms. The molecule has 0 amide bonds. The quantitative estimate of drug-likeness (QED) is 0.718. The molecular formula is C15H13NO3. The number of fused-ring (bicyclic) bond motifs is 1. The molecule has 0 aliphatic carbocycles. The van der Waals surface area contributed by atoms with Crippen molar-refractivity contribution in [2.75, 3.05) is 14.2 Å². The number of benzene rings is 2. The lowest BCUT2D eigenvalue weighted by atomic mass is 10.2. The summed E-state index contributed by atoms with van der Waals surface area (Å²) >= 11 is 0. The third-order valence-corrected chi connectivity index (χ3v) is 2.93. The third-order valence-electron chi connectivity index (χ3n) is 2.93. The Kier molecular flexibility index (Phi) is 2.83. The van der Waals surface area contributed by atoms with E-state index in [4.69, 9.17) is 13.9 Å². The van der Waals surface area contributed by atoms with Crippen LogP contribution < -0.4 is 9.47 Å². The maximum absolute atomic E-state index is 5.74. The molecular weight excluding hydrogens is 242 g/mol. The summed E-state index contributed by atoms with van der Waals surface area (Å²) < 4.78 is 16.3. The van der Waals surface area contributed by atoms with E-state index in [-0.39, 0.29) is 0 Å². The molecule has 0 atom stereocenters. The molecule has 4 heteroatoms. The molecule has 4 nitrogen and oxygen atoms in total. The Hall–Kier alpha value is -2.49. The van der Waals surface area contributed by atoms with E-state index >= 15 is 0 Å². The van der Waals surface area contributed by atoms with Crippen LogP contribution >= 0.6 is 0 Å². The lowest BCUT2D eigenvalue weighted by Gasteiger charge is -2.07. The van der Waals surface area contributed by atoms with Gasteiger partial charge in [-0.1, -0.05) is 12.1 Å². The summed E-state index contributed by atoms with van der Waals surface area (Å²) in [5.41, 5.74) is 2.39. The number of ether oxygens (including phenoxy) is 2. The number of hydrogen-bond donors (Lipinski definition) is 0. The second-order valence-electron chi connectivity index (χ2n) is 4.05. The molecule has 0 spiro atoms. The van der Waals surface area contributed by atoms with Crippen LogP contribution in [0.2, 0.25) is 0 Å². The van der Waals surface area contributed by atoms with Crippen molar-refractivity contribution < 1.29 is 13.9 Å². The van der Waals surface area contributed by atoms with Crippen LogP contribution in [0.5, 0.6) is 11.5 Å². The average Bonchev–Trinajstić information content (AvgIpc) is 2.90. The molecule has 0 aliphatic rings. The Morgan fingerprint density at radius 2 is 1.84 bits per heavy atom. The van der Waals surface area contributed by atoms with Gasteiger partial charge in [0.05, 0.1) is 19.8 Å². The number of methoxy groups -OCH3 is 2. The van der Waals surface area contributed by atoms with Gasteiger partial charge in [0, 0.05) is 6.07 Å². The van der Waals surface area contributed by atoms with Gasteiger partial charge in [-0.2, -0.15) is 0 Å². The van der Waals surface area contributed by atoms with Crippen LogP contribution in [0.15, 0.2) is 46.9 Å². The monoisotopic (exact) mass is 255 g/mol. The molecule has 1 heterocycles. The van der Waals surface area contributed by atoms with Gasteiger partial charge in [-0.3, -0.25) is 0 Å². The van der Waals surface area contributed by atoms with Crippen LogP contribution in [-0.4, -0.2) is 19.2 Å². The molecule has 0 fully saturated rings. The number of rotatable bonds is 3. The summed E-state index contributed by atoms with van der Waals surface area (Å²) in [7, 11) is 3.23. The fourth-order valence-corrected chi connectivity index (χ4v) is 1.96. The molecule has 1 aromatic heterocycles. The molecule has 0 radical (unpaired) electrons. The lowest BCUT2D eigenvalue weighted by molar-refractivity contribution is 0.394. The van der Waals surface area contributed by atoms with Gasteiger partial charge in [0.15, 0.2) is 5.58 Å². The Balaban J connectivity index is 2.15. The van der Waals surface area contributed by atoms with Crippen LogP contribution in [0.3, 0.4) is 0 Å². The van der Waals surface area contributed by atoms with E-state index < -0.39 is 0 Å². The Bertz CT molecular complexity index is 685. The van der Waals surface area contributed by atoms with Crippen LogP contribution in [0.4, 0.5) is 0 Å². The maximum Gasteiger partial charge on any atom is 0.231 e. The van der Waals surface area contributed by atoms with Crippen molar-refractivity contribution in [3.8, 4) is 23.0 Å². The normalized spacial score (nSPS) is 10.6. The minimum Gasteiger partial charge on any atom is -0.497 e. The van der Waals surface area contributed by atoms with E-state index in [1.807, 2.05) is 42.5 Å². The molecule has 0 N–H and O–H groups in total. The molecule has 2 aromatic carbocycles. The van der Waals surface area contributed by atoms with Gasteiger partial charge >= 0.3 is 0 Å². The van der Waals surface area contributed by atoms with Gasteiger partial charge in [-0.05, 0) is 24.3 Å². The first-order valence-electron chi connectivity index (χ1n) is 5.90. The highest BCUT2D eigenvalue weighted by atomic mass is 16.5. The van der Waals surface area contributed by atoms with Crippen molar-refractivity contribution >= 4 is 11.1 Å². The van der Waals surface area contributed by atoms with E-state index in [0.29, 0.717) is 11.6 Å². The third kappa shape index (κ3) is 2.01. The van der Waals surface area contributed by atoms with Gasteiger partial charge in [0.1, 0.15) is 17.0 Å². The zero-order valence-electron chi connectivity index (χ0n) is 10.7. The average molecular weight is 255 g/mol. The first-order chi connectivity index (χ1) is 9.31. The standard InChI is InChI=1S/C15H13NO3/c1-17-10-7-8-11(14(9-10)18-2)15-16-12-5-3-4-6-13(12)19-15/h3-9H,1-2H3. The van der Waals surface area contributed by atoms with Gasteiger partial charge in [-0.25, -0.2) is 4.98 Å². The van der Waals surface area contributed by atoms with Gasteiger partial charge in [-0.15, -0.1) is 0 Å². The van der Waals surface area contributed by atoms with Gasteiger partial charge < -0.3 is 13.9 Å². The number of oxazole rings is 1.